The highest BCUT2D eigenvalue weighted by atomic mass is 16.6. The van der Waals surface area contributed by atoms with E-state index in [1.165, 1.54) is 30.6 Å². The molecule has 1 aromatic heterocycles. The first kappa shape index (κ1) is 15.0. The minimum absolute atomic E-state index is 0.0234. The minimum atomic E-state index is -0.452. The van der Waals surface area contributed by atoms with Gasteiger partial charge in [0.2, 0.25) is 0 Å². The van der Waals surface area contributed by atoms with Gasteiger partial charge in [-0.25, -0.2) is 0 Å². The van der Waals surface area contributed by atoms with Gasteiger partial charge in [-0.2, -0.15) is 0 Å². The summed E-state index contributed by atoms with van der Waals surface area (Å²) in [5.74, 6) is -0.254. The van der Waals surface area contributed by atoms with E-state index in [9.17, 15) is 20.0 Å². The second-order valence-electron chi connectivity index (χ2n) is 5.52. The van der Waals surface area contributed by atoms with Gasteiger partial charge >= 0.3 is 0 Å². The molecule has 23 heavy (non-hydrogen) atoms. The summed E-state index contributed by atoms with van der Waals surface area (Å²) in [6, 6.07) is 7.73. The van der Waals surface area contributed by atoms with E-state index < -0.39 is 4.92 Å². The lowest BCUT2D eigenvalue weighted by molar-refractivity contribution is -0.384. The van der Waals surface area contributed by atoms with Gasteiger partial charge in [0.05, 0.1) is 16.7 Å². The van der Waals surface area contributed by atoms with E-state index >= 15 is 0 Å². The first-order valence-electron chi connectivity index (χ1n) is 7.23. The number of aromatic nitrogens is 1. The average Bonchev–Trinajstić information content (AvgIpc) is 3.37. The molecule has 0 saturated heterocycles. The van der Waals surface area contributed by atoms with Gasteiger partial charge in [-0.1, -0.05) is 12.1 Å². The van der Waals surface area contributed by atoms with Crippen LogP contribution < -0.4 is 0 Å². The molecule has 0 radical (unpaired) electrons. The van der Waals surface area contributed by atoms with Crippen molar-refractivity contribution in [3.05, 3.63) is 64.0 Å². The summed E-state index contributed by atoms with van der Waals surface area (Å²) in [5.41, 5.74) is 1.18. The summed E-state index contributed by atoms with van der Waals surface area (Å²) >= 11 is 0. The number of benzene rings is 1. The number of nitro benzene ring substituents is 1. The van der Waals surface area contributed by atoms with Crippen molar-refractivity contribution in [2.24, 2.45) is 0 Å². The van der Waals surface area contributed by atoms with Crippen molar-refractivity contribution in [1.29, 1.82) is 0 Å². The predicted molar refractivity (Wildman–Crippen MR) is 81.9 cm³/mol. The van der Waals surface area contributed by atoms with Gasteiger partial charge < -0.3 is 10.0 Å². The Kier molecular flexibility index (Phi) is 3.92. The first-order valence-corrected chi connectivity index (χ1v) is 7.23. The van der Waals surface area contributed by atoms with Crippen LogP contribution in [0.15, 0.2) is 42.7 Å². The zero-order chi connectivity index (χ0) is 16.4. The van der Waals surface area contributed by atoms with E-state index in [1.54, 1.807) is 17.0 Å². The SMILES string of the molecule is O=C(c1cncc(O)c1)N(Cc1ccc([N+](=O)[O-])cc1)C1CC1. The smallest absolute Gasteiger partial charge is 0.269 e. The van der Waals surface area contributed by atoms with Crippen LogP contribution in [0.2, 0.25) is 0 Å². The maximum absolute atomic E-state index is 12.6. The molecular formula is C16H15N3O4. The van der Waals surface area contributed by atoms with Crippen molar-refractivity contribution >= 4 is 11.6 Å². The van der Waals surface area contributed by atoms with E-state index in [2.05, 4.69) is 4.98 Å². The minimum Gasteiger partial charge on any atom is -0.506 e. The van der Waals surface area contributed by atoms with Crippen LogP contribution in [-0.2, 0) is 6.54 Å². The number of carbonyl (C=O) groups excluding carboxylic acids is 1. The summed E-state index contributed by atoms with van der Waals surface area (Å²) < 4.78 is 0. The average molecular weight is 313 g/mol. The third-order valence-corrected chi connectivity index (χ3v) is 3.72. The third kappa shape index (κ3) is 3.45. The first-order chi connectivity index (χ1) is 11.0. The van der Waals surface area contributed by atoms with Crippen LogP contribution in [0.3, 0.4) is 0 Å². The van der Waals surface area contributed by atoms with Crippen molar-refractivity contribution in [2.75, 3.05) is 0 Å². The van der Waals surface area contributed by atoms with Gasteiger partial charge in [-0.05, 0) is 24.5 Å². The molecule has 1 N–H and O–H groups in total. The van der Waals surface area contributed by atoms with Crippen LogP contribution in [0.1, 0.15) is 28.8 Å². The summed E-state index contributed by atoms with van der Waals surface area (Å²) in [7, 11) is 0. The van der Waals surface area contributed by atoms with Gasteiger partial charge in [-0.15, -0.1) is 0 Å². The Bertz CT molecular complexity index is 741. The van der Waals surface area contributed by atoms with Crippen LogP contribution in [-0.4, -0.2) is 31.9 Å². The summed E-state index contributed by atoms with van der Waals surface area (Å²) in [5, 5.41) is 20.2. The molecule has 2 aromatic rings. The molecule has 1 fully saturated rings. The molecule has 3 rings (SSSR count). The molecule has 7 heteroatoms. The third-order valence-electron chi connectivity index (χ3n) is 3.72. The monoisotopic (exact) mass is 313 g/mol. The number of amides is 1. The molecular weight excluding hydrogens is 298 g/mol. The standard InChI is InChI=1S/C16H15N3O4/c20-15-7-12(8-17-9-15)16(21)18(13-5-6-13)10-11-1-3-14(4-2-11)19(22)23/h1-4,7-9,13,20H,5-6,10H2. The highest BCUT2D eigenvalue weighted by Crippen LogP contribution is 2.30. The van der Waals surface area contributed by atoms with Gasteiger partial charge in [0.15, 0.2) is 0 Å². The fraction of sp³-hybridized carbons (Fsp3) is 0.250. The van der Waals surface area contributed by atoms with E-state index in [1.807, 2.05) is 0 Å². The van der Waals surface area contributed by atoms with E-state index in [0.29, 0.717) is 12.1 Å². The number of nitrogens with zero attached hydrogens (tertiary/aromatic N) is 3. The number of nitro groups is 1. The normalized spacial score (nSPS) is 13.6. The Balaban J connectivity index is 1.79. The maximum Gasteiger partial charge on any atom is 0.269 e. The second kappa shape index (κ2) is 6.04. The van der Waals surface area contributed by atoms with Crippen molar-refractivity contribution in [3.63, 3.8) is 0 Å². The predicted octanol–water partition coefficient (Wildman–Crippen LogP) is 2.50. The highest BCUT2D eigenvalue weighted by Gasteiger charge is 2.33. The molecule has 1 saturated carbocycles. The van der Waals surface area contributed by atoms with Gasteiger partial charge in [-0.3, -0.25) is 19.9 Å². The summed E-state index contributed by atoms with van der Waals surface area (Å²) in [6.45, 7) is 0.372. The molecule has 7 nitrogen and oxygen atoms in total. The number of rotatable bonds is 5. The quantitative estimate of drug-likeness (QED) is 0.675. The Morgan fingerprint density at radius 1 is 1.30 bits per heavy atom. The molecule has 1 aliphatic rings. The van der Waals surface area contributed by atoms with Crippen LogP contribution in [0.5, 0.6) is 5.75 Å². The second-order valence-corrected chi connectivity index (χ2v) is 5.52. The molecule has 1 aromatic carbocycles. The molecule has 0 bridgehead atoms. The molecule has 1 amide bonds. The molecule has 0 aliphatic heterocycles. The number of aromatic hydroxyl groups is 1. The Morgan fingerprint density at radius 2 is 2.00 bits per heavy atom. The van der Waals surface area contributed by atoms with Crippen LogP contribution in [0, 0.1) is 10.1 Å². The Hall–Kier alpha value is -2.96. The van der Waals surface area contributed by atoms with Crippen molar-refractivity contribution in [2.45, 2.75) is 25.4 Å². The van der Waals surface area contributed by atoms with E-state index in [0.717, 1.165) is 18.4 Å². The molecule has 0 unspecified atom stereocenters. The van der Waals surface area contributed by atoms with Gasteiger partial charge in [0, 0.05) is 30.9 Å². The molecule has 0 spiro atoms. The number of pyridine rings is 1. The maximum atomic E-state index is 12.6. The molecule has 1 heterocycles. The Labute approximate surface area is 132 Å². The topological polar surface area (TPSA) is 96.6 Å². The highest BCUT2D eigenvalue weighted by molar-refractivity contribution is 5.94. The fourth-order valence-electron chi connectivity index (χ4n) is 2.38. The lowest BCUT2D eigenvalue weighted by Gasteiger charge is -2.22. The number of carbonyl (C=O) groups is 1. The van der Waals surface area contributed by atoms with Crippen molar-refractivity contribution < 1.29 is 14.8 Å². The summed E-state index contributed by atoms with van der Waals surface area (Å²) in [4.78, 5) is 28.4. The molecule has 118 valence electrons. The molecule has 1 aliphatic carbocycles. The zero-order valence-electron chi connectivity index (χ0n) is 12.3. The Morgan fingerprint density at radius 3 is 2.57 bits per heavy atom. The van der Waals surface area contributed by atoms with Crippen LogP contribution in [0.25, 0.3) is 0 Å². The summed E-state index contributed by atoms with van der Waals surface area (Å²) in [6.07, 6.45) is 4.57. The molecule has 0 atom stereocenters. The van der Waals surface area contributed by atoms with Gasteiger partial charge in [0.1, 0.15) is 5.75 Å². The van der Waals surface area contributed by atoms with E-state index in [-0.39, 0.29) is 23.4 Å². The lowest BCUT2D eigenvalue weighted by Crippen LogP contribution is -2.32. The van der Waals surface area contributed by atoms with Crippen molar-refractivity contribution in [3.8, 4) is 5.75 Å². The van der Waals surface area contributed by atoms with E-state index in [4.69, 9.17) is 0 Å². The fourth-order valence-corrected chi connectivity index (χ4v) is 2.38. The lowest BCUT2D eigenvalue weighted by atomic mass is 10.1. The largest absolute Gasteiger partial charge is 0.506 e. The van der Waals surface area contributed by atoms with Gasteiger partial charge in [0.25, 0.3) is 11.6 Å². The number of non-ortho nitro benzene ring substituents is 1. The van der Waals surface area contributed by atoms with Crippen LogP contribution in [0.4, 0.5) is 5.69 Å². The number of hydrogen-bond donors (Lipinski definition) is 1. The zero-order valence-corrected chi connectivity index (χ0v) is 12.3. The van der Waals surface area contributed by atoms with Crippen molar-refractivity contribution in [1.82, 2.24) is 9.88 Å². The van der Waals surface area contributed by atoms with Crippen LogP contribution >= 0.6 is 0 Å². The number of hydrogen-bond acceptors (Lipinski definition) is 5.